The van der Waals surface area contributed by atoms with Crippen LogP contribution in [0.15, 0.2) is 48.5 Å². The first-order valence-electron chi connectivity index (χ1n) is 6.60. The molecule has 0 saturated carbocycles. The molecule has 0 heterocycles. The standard InChI is InChI=1S/C17H18N2O/c1-14-5-3-7-16(11-14)19(2)9-10-20-17-8-4-6-15(12-17)13-18/h3-8,11-12H,9-10H2,1-2H3. The van der Waals surface area contributed by atoms with E-state index in [0.29, 0.717) is 12.2 Å². The van der Waals surface area contributed by atoms with Gasteiger partial charge in [-0.2, -0.15) is 5.26 Å². The molecule has 2 rings (SSSR count). The highest BCUT2D eigenvalue weighted by Crippen LogP contribution is 2.15. The second kappa shape index (κ2) is 6.63. The van der Waals surface area contributed by atoms with Crippen molar-refractivity contribution in [2.45, 2.75) is 6.92 Å². The van der Waals surface area contributed by atoms with Gasteiger partial charge in [-0.3, -0.25) is 0 Å². The maximum atomic E-state index is 8.84. The van der Waals surface area contributed by atoms with Gasteiger partial charge in [-0.15, -0.1) is 0 Å². The summed E-state index contributed by atoms with van der Waals surface area (Å²) in [5.74, 6) is 0.738. The van der Waals surface area contributed by atoms with Gasteiger partial charge in [-0.05, 0) is 42.8 Å². The molecule has 0 bridgehead atoms. The molecule has 0 spiro atoms. The smallest absolute Gasteiger partial charge is 0.120 e. The van der Waals surface area contributed by atoms with Gasteiger partial charge in [0.15, 0.2) is 0 Å². The summed E-state index contributed by atoms with van der Waals surface area (Å²) in [5, 5.41) is 8.84. The zero-order valence-electron chi connectivity index (χ0n) is 11.8. The molecule has 20 heavy (non-hydrogen) atoms. The van der Waals surface area contributed by atoms with Gasteiger partial charge in [0.1, 0.15) is 12.4 Å². The minimum Gasteiger partial charge on any atom is -0.492 e. The monoisotopic (exact) mass is 266 g/mol. The molecule has 0 aliphatic carbocycles. The van der Waals surface area contributed by atoms with Crippen LogP contribution in [0.5, 0.6) is 5.75 Å². The van der Waals surface area contributed by atoms with Gasteiger partial charge in [0.2, 0.25) is 0 Å². The lowest BCUT2D eigenvalue weighted by Gasteiger charge is -2.20. The van der Waals surface area contributed by atoms with Crippen molar-refractivity contribution in [3.8, 4) is 11.8 Å². The summed E-state index contributed by atoms with van der Waals surface area (Å²) in [6.07, 6.45) is 0. The quantitative estimate of drug-likeness (QED) is 0.832. The van der Waals surface area contributed by atoms with Crippen molar-refractivity contribution >= 4 is 5.69 Å². The fourth-order valence-electron chi connectivity index (χ4n) is 1.95. The van der Waals surface area contributed by atoms with Crippen LogP contribution in [0.3, 0.4) is 0 Å². The van der Waals surface area contributed by atoms with Gasteiger partial charge in [-0.25, -0.2) is 0 Å². The van der Waals surface area contributed by atoms with Crippen LogP contribution in [-0.2, 0) is 0 Å². The summed E-state index contributed by atoms with van der Waals surface area (Å²) >= 11 is 0. The van der Waals surface area contributed by atoms with Crippen molar-refractivity contribution in [1.82, 2.24) is 0 Å². The lowest BCUT2D eigenvalue weighted by Crippen LogP contribution is -2.23. The van der Waals surface area contributed by atoms with E-state index in [1.54, 1.807) is 12.1 Å². The zero-order valence-corrected chi connectivity index (χ0v) is 11.8. The molecule has 102 valence electrons. The summed E-state index contributed by atoms with van der Waals surface area (Å²) in [4.78, 5) is 2.15. The predicted molar refractivity (Wildman–Crippen MR) is 81.1 cm³/mol. The highest BCUT2D eigenvalue weighted by molar-refractivity contribution is 5.47. The number of nitrogens with zero attached hydrogens (tertiary/aromatic N) is 2. The molecule has 0 unspecified atom stereocenters. The number of nitriles is 1. The molecule has 0 aliphatic rings. The van der Waals surface area contributed by atoms with E-state index in [-0.39, 0.29) is 0 Å². The molecule has 0 saturated heterocycles. The van der Waals surface area contributed by atoms with Crippen LogP contribution in [0.1, 0.15) is 11.1 Å². The van der Waals surface area contributed by atoms with Crippen molar-refractivity contribution in [3.05, 3.63) is 59.7 Å². The number of hydrogen-bond donors (Lipinski definition) is 0. The van der Waals surface area contributed by atoms with Crippen molar-refractivity contribution in [2.24, 2.45) is 0 Å². The number of rotatable bonds is 5. The highest BCUT2D eigenvalue weighted by Gasteiger charge is 2.02. The summed E-state index contributed by atoms with van der Waals surface area (Å²) in [7, 11) is 2.05. The van der Waals surface area contributed by atoms with Gasteiger partial charge in [0.25, 0.3) is 0 Å². The van der Waals surface area contributed by atoms with Crippen LogP contribution in [-0.4, -0.2) is 20.2 Å². The van der Waals surface area contributed by atoms with E-state index in [1.807, 2.05) is 19.2 Å². The second-order valence-electron chi connectivity index (χ2n) is 4.75. The molecule has 0 N–H and O–H groups in total. The Hall–Kier alpha value is -2.47. The molecule has 0 fully saturated rings. The van der Waals surface area contributed by atoms with Crippen LogP contribution in [0, 0.1) is 18.3 Å². The predicted octanol–water partition coefficient (Wildman–Crippen LogP) is 3.38. The molecule has 0 aromatic heterocycles. The molecular weight excluding hydrogens is 248 g/mol. The van der Waals surface area contributed by atoms with Gasteiger partial charge in [0.05, 0.1) is 18.2 Å². The second-order valence-corrected chi connectivity index (χ2v) is 4.75. The number of anilines is 1. The number of likely N-dealkylation sites (N-methyl/N-ethyl adjacent to an activating group) is 1. The van der Waals surface area contributed by atoms with E-state index >= 15 is 0 Å². The maximum Gasteiger partial charge on any atom is 0.120 e. The van der Waals surface area contributed by atoms with Gasteiger partial charge < -0.3 is 9.64 Å². The Morgan fingerprint density at radius 2 is 1.95 bits per heavy atom. The lowest BCUT2D eigenvalue weighted by atomic mass is 10.2. The first-order chi connectivity index (χ1) is 9.69. The fraction of sp³-hybridized carbons (Fsp3) is 0.235. The third kappa shape index (κ3) is 3.76. The largest absolute Gasteiger partial charge is 0.492 e. The lowest BCUT2D eigenvalue weighted by molar-refractivity contribution is 0.326. The van der Waals surface area contributed by atoms with Gasteiger partial charge in [0, 0.05) is 12.7 Å². The van der Waals surface area contributed by atoms with E-state index in [4.69, 9.17) is 10.00 Å². The Balaban J connectivity index is 1.88. The minimum absolute atomic E-state index is 0.583. The van der Waals surface area contributed by atoms with Gasteiger partial charge >= 0.3 is 0 Å². The maximum absolute atomic E-state index is 8.84. The van der Waals surface area contributed by atoms with Gasteiger partial charge in [-0.1, -0.05) is 18.2 Å². The summed E-state index contributed by atoms with van der Waals surface area (Å²) in [6.45, 7) is 3.46. The zero-order chi connectivity index (χ0) is 14.4. The number of benzene rings is 2. The van der Waals surface area contributed by atoms with Crippen molar-refractivity contribution < 1.29 is 4.74 Å². The molecule has 3 nitrogen and oxygen atoms in total. The third-order valence-electron chi connectivity index (χ3n) is 3.10. The molecule has 3 heteroatoms. The Kier molecular flexibility index (Phi) is 4.62. The molecule has 2 aromatic rings. The number of aryl methyl sites for hydroxylation is 1. The van der Waals surface area contributed by atoms with Crippen LogP contribution >= 0.6 is 0 Å². The average Bonchev–Trinajstić information content (AvgIpc) is 2.47. The van der Waals surface area contributed by atoms with Crippen LogP contribution in [0.2, 0.25) is 0 Å². The molecule has 0 amide bonds. The van der Waals surface area contributed by atoms with E-state index in [1.165, 1.54) is 11.3 Å². The fourth-order valence-corrected chi connectivity index (χ4v) is 1.95. The molecular formula is C17H18N2O. The summed E-state index contributed by atoms with van der Waals surface area (Å²) < 4.78 is 5.68. The van der Waals surface area contributed by atoms with Crippen LogP contribution in [0.25, 0.3) is 0 Å². The Labute approximate surface area is 120 Å². The van der Waals surface area contributed by atoms with Crippen molar-refractivity contribution in [1.29, 1.82) is 5.26 Å². The van der Waals surface area contributed by atoms with Crippen molar-refractivity contribution in [3.63, 3.8) is 0 Å². The Morgan fingerprint density at radius 3 is 2.70 bits per heavy atom. The average molecular weight is 266 g/mol. The molecule has 0 radical (unpaired) electrons. The minimum atomic E-state index is 0.583. The van der Waals surface area contributed by atoms with E-state index < -0.39 is 0 Å². The van der Waals surface area contributed by atoms with Crippen LogP contribution in [0.4, 0.5) is 5.69 Å². The van der Waals surface area contributed by atoms with E-state index in [9.17, 15) is 0 Å². The SMILES string of the molecule is Cc1cccc(N(C)CCOc2cccc(C#N)c2)c1. The number of ether oxygens (including phenoxy) is 1. The Morgan fingerprint density at radius 1 is 1.15 bits per heavy atom. The Bertz CT molecular complexity index is 616. The molecule has 2 aromatic carbocycles. The first kappa shape index (κ1) is 14.0. The van der Waals surface area contributed by atoms with E-state index in [2.05, 4.69) is 42.2 Å². The molecule has 0 aliphatic heterocycles. The normalized spacial score (nSPS) is 9.85. The van der Waals surface area contributed by atoms with E-state index in [0.717, 1.165) is 12.3 Å². The van der Waals surface area contributed by atoms with Crippen LogP contribution < -0.4 is 9.64 Å². The summed E-state index contributed by atoms with van der Waals surface area (Å²) in [5.41, 5.74) is 3.05. The third-order valence-corrected chi connectivity index (χ3v) is 3.10. The number of hydrogen-bond acceptors (Lipinski definition) is 3. The summed E-state index contributed by atoms with van der Waals surface area (Å²) in [6, 6.07) is 17.7. The topological polar surface area (TPSA) is 36.3 Å². The van der Waals surface area contributed by atoms with Crippen molar-refractivity contribution in [2.75, 3.05) is 25.1 Å². The molecule has 0 atom stereocenters. The first-order valence-corrected chi connectivity index (χ1v) is 6.60. The highest BCUT2D eigenvalue weighted by atomic mass is 16.5.